The lowest BCUT2D eigenvalue weighted by molar-refractivity contribution is 0.0781. The first-order valence-electron chi connectivity index (χ1n) is 12.6. The highest BCUT2D eigenvalue weighted by atomic mass is 16.2. The van der Waals surface area contributed by atoms with Gasteiger partial charge >= 0.3 is 0 Å². The molecule has 8 rings (SSSR count). The minimum absolute atomic E-state index is 0.146. The summed E-state index contributed by atoms with van der Waals surface area (Å²) in [6, 6.07) is 13.9. The molecule has 6 heteroatoms. The second-order valence-electron chi connectivity index (χ2n) is 10.7. The molecule has 0 radical (unpaired) electrons. The van der Waals surface area contributed by atoms with Gasteiger partial charge in [-0.1, -0.05) is 12.2 Å². The minimum Gasteiger partial charge on any atom is -0.368 e. The van der Waals surface area contributed by atoms with E-state index in [0.29, 0.717) is 34.8 Å². The van der Waals surface area contributed by atoms with Gasteiger partial charge < -0.3 is 14.7 Å². The van der Waals surface area contributed by atoms with Gasteiger partial charge in [-0.3, -0.25) is 4.79 Å². The number of amides is 1. The largest absolute Gasteiger partial charge is 0.368 e. The Morgan fingerprint density at radius 1 is 0.853 bits per heavy atom. The summed E-state index contributed by atoms with van der Waals surface area (Å²) in [4.78, 5) is 24.7. The monoisotopic (exact) mass is 451 g/mol. The van der Waals surface area contributed by atoms with Crippen molar-refractivity contribution >= 4 is 17.4 Å². The summed E-state index contributed by atoms with van der Waals surface area (Å²) in [7, 11) is 0. The molecule has 1 aromatic carbocycles. The van der Waals surface area contributed by atoms with Crippen LogP contribution in [0.1, 0.15) is 22.3 Å². The topological polar surface area (TPSA) is 63.5 Å². The van der Waals surface area contributed by atoms with Gasteiger partial charge in [-0.05, 0) is 78.3 Å². The Balaban J connectivity index is 0.980. The summed E-state index contributed by atoms with van der Waals surface area (Å²) in [6.45, 7) is 5.41. The van der Waals surface area contributed by atoms with Crippen molar-refractivity contribution in [3.05, 3.63) is 65.9 Å². The Morgan fingerprint density at radius 2 is 1.50 bits per heavy atom. The molecule has 34 heavy (non-hydrogen) atoms. The molecule has 0 spiro atoms. The maximum absolute atomic E-state index is 13.3. The van der Waals surface area contributed by atoms with Gasteiger partial charge in [-0.15, -0.1) is 0 Å². The number of pyridine rings is 1. The van der Waals surface area contributed by atoms with Crippen molar-refractivity contribution < 1.29 is 4.79 Å². The van der Waals surface area contributed by atoms with Crippen LogP contribution in [-0.2, 0) is 0 Å². The number of likely N-dealkylation sites (tertiary alicyclic amines) is 1. The molecule has 6 nitrogen and oxygen atoms in total. The van der Waals surface area contributed by atoms with Crippen LogP contribution in [0.4, 0.5) is 11.5 Å². The van der Waals surface area contributed by atoms with Gasteiger partial charge in [0.25, 0.3) is 5.91 Å². The number of anilines is 2. The van der Waals surface area contributed by atoms with Crippen LogP contribution in [0.25, 0.3) is 0 Å². The molecule has 2 saturated carbocycles. The Morgan fingerprint density at radius 3 is 2.09 bits per heavy atom. The number of aromatic nitrogens is 1. The van der Waals surface area contributed by atoms with Gasteiger partial charge in [-0.2, -0.15) is 5.26 Å². The van der Waals surface area contributed by atoms with Crippen LogP contribution >= 0.6 is 0 Å². The van der Waals surface area contributed by atoms with Crippen LogP contribution in [0, 0.1) is 46.8 Å². The highest BCUT2D eigenvalue weighted by molar-refractivity contribution is 5.94. The second-order valence-corrected chi connectivity index (χ2v) is 10.7. The predicted octanol–water partition coefficient (Wildman–Crippen LogP) is 3.42. The molecule has 4 fully saturated rings. The first-order chi connectivity index (χ1) is 16.7. The van der Waals surface area contributed by atoms with Crippen LogP contribution in [0.5, 0.6) is 0 Å². The van der Waals surface area contributed by atoms with E-state index in [4.69, 9.17) is 5.26 Å². The summed E-state index contributed by atoms with van der Waals surface area (Å²) >= 11 is 0. The smallest absolute Gasteiger partial charge is 0.255 e. The minimum atomic E-state index is 0.146. The van der Waals surface area contributed by atoms with E-state index in [9.17, 15) is 4.79 Å². The lowest BCUT2D eigenvalue weighted by Crippen LogP contribution is -2.46. The van der Waals surface area contributed by atoms with Gasteiger partial charge in [0.15, 0.2) is 0 Å². The lowest BCUT2D eigenvalue weighted by Gasteiger charge is -2.40. The zero-order valence-electron chi connectivity index (χ0n) is 19.3. The molecular formula is C28H29N5O. The van der Waals surface area contributed by atoms with E-state index in [1.807, 2.05) is 36.4 Å². The average molecular weight is 452 g/mol. The van der Waals surface area contributed by atoms with E-state index in [0.717, 1.165) is 62.6 Å². The van der Waals surface area contributed by atoms with E-state index >= 15 is 0 Å². The number of hydrogen-bond acceptors (Lipinski definition) is 5. The summed E-state index contributed by atoms with van der Waals surface area (Å²) in [5.74, 6) is 5.65. The Bertz CT molecular complexity index is 1150. The van der Waals surface area contributed by atoms with Crippen molar-refractivity contribution in [3.8, 4) is 6.07 Å². The van der Waals surface area contributed by atoms with Crippen LogP contribution in [0.2, 0.25) is 0 Å². The fourth-order valence-corrected chi connectivity index (χ4v) is 7.24. The number of benzene rings is 1. The lowest BCUT2D eigenvalue weighted by atomic mass is 9.64. The van der Waals surface area contributed by atoms with Gasteiger partial charge in [0.05, 0.1) is 17.2 Å². The zero-order valence-corrected chi connectivity index (χ0v) is 19.3. The molecule has 1 amide bonds. The van der Waals surface area contributed by atoms with E-state index in [1.165, 1.54) is 6.42 Å². The molecule has 2 aliphatic heterocycles. The zero-order chi connectivity index (χ0) is 22.8. The first kappa shape index (κ1) is 20.1. The fourth-order valence-electron chi connectivity index (χ4n) is 7.24. The Kier molecular flexibility index (Phi) is 4.48. The highest BCUT2D eigenvalue weighted by Gasteiger charge is 2.61. The van der Waals surface area contributed by atoms with Crippen molar-refractivity contribution in [3.63, 3.8) is 0 Å². The molecule has 2 aromatic rings. The van der Waals surface area contributed by atoms with Gasteiger partial charge in [0.1, 0.15) is 5.82 Å². The Labute approximate surface area is 200 Å². The summed E-state index contributed by atoms with van der Waals surface area (Å²) in [5.41, 5.74) is 2.55. The van der Waals surface area contributed by atoms with Gasteiger partial charge in [0.2, 0.25) is 0 Å². The molecular weight excluding hydrogens is 422 g/mol. The molecule has 1 aromatic heterocycles. The molecule has 3 heterocycles. The predicted molar refractivity (Wildman–Crippen MR) is 130 cm³/mol. The van der Waals surface area contributed by atoms with Gasteiger partial charge in [-0.25, -0.2) is 4.98 Å². The summed E-state index contributed by atoms with van der Waals surface area (Å²) < 4.78 is 0. The second kappa shape index (κ2) is 7.59. The molecule has 1 unspecified atom stereocenters. The Hall–Kier alpha value is -3.33. The molecule has 6 atom stereocenters. The number of carbonyl (C=O) groups excluding carboxylic acids is 1. The van der Waals surface area contributed by atoms with Crippen LogP contribution in [0.15, 0.2) is 54.7 Å². The number of carbonyl (C=O) groups is 1. The fraction of sp³-hybridized carbons (Fsp3) is 0.464. The number of allylic oxidation sites excluding steroid dienone is 2. The highest BCUT2D eigenvalue weighted by Crippen LogP contribution is 2.64. The van der Waals surface area contributed by atoms with E-state index in [-0.39, 0.29) is 5.91 Å². The average Bonchev–Trinajstić information content (AvgIpc) is 3.60. The summed E-state index contributed by atoms with van der Waals surface area (Å²) in [6.07, 6.45) is 8.12. The van der Waals surface area contributed by atoms with Crippen molar-refractivity contribution in [2.45, 2.75) is 6.42 Å². The van der Waals surface area contributed by atoms with Crippen LogP contribution in [0.3, 0.4) is 0 Å². The van der Waals surface area contributed by atoms with Crippen LogP contribution in [-0.4, -0.2) is 55.1 Å². The summed E-state index contributed by atoms with van der Waals surface area (Å²) in [5, 5.41) is 8.99. The number of piperazine rings is 1. The van der Waals surface area contributed by atoms with E-state index in [2.05, 4.69) is 37.9 Å². The number of rotatable bonds is 3. The van der Waals surface area contributed by atoms with Crippen molar-refractivity contribution in [2.75, 3.05) is 49.1 Å². The van der Waals surface area contributed by atoms with Crippen molar-refractivity contribution in [1.82, 2.24) is 9.88 Å². The standard InChI is InChI=1S/C28H29N5O/c29-14-18-1-4-20(5-2-18)31-9-11-32(12-10-31)27-8-3-19(15-30-27)28(34)33-16-25-21-6-7-22(26(25)17-33)24-13-23(21)24/h1-8,15,21-26H,9-13,16-17H2/t21-,22+,23+,24-,25-,26?/m0/s1. The van der Waals surface area contributed by atoms with Crippen LogP contribution < -0.4 is 9.80 Å². The molecule has 4 aliphatic carbocycles. The third-order valence-electron chi connectivity index (χ3n) is 9.08. The van der Waals surface area contributed by atoms with E-state index in [1.54, 1.807) is 6.20 Å². The normalized spacial score (nSPS) is 32.9. The maximum Gasteiger partial charge on any atom is 0.255 e. The third kappa shape index (κ3) is 3.14. The van der Waals surface area contributed by atoms with Crippen molar-refractivity contribution in [2.24, 2.45) is 35.5 Å². The molecule has 6 aliphatic rings. The third-order valence-corrected chi connectivity index (χ3v) is 9.08. The van der Waals surface area contributed by atoms with E-state index < -0.39 is 0 Å². The maximum atomic E-state index is 13.3. The SMILES string of the molecule is N#Cc1ccc(N2CCN(c3ccc(C(=O)N4CC5[C@@H](C4)[C@H]4C=C[C@@H]5[C@@H]5C[C@H]45)cn3)CC2)cc1. The number of nitrogens with zero attached hydrogens (tertiary/aromatic N) is 5. The number of nitriles is 1. The molecule has 172 valence electrons. The first-order valence-corrected chi connectivity index (χ1v) is 12.6. The van der Waals surface area contributed by atoms with Gasteiger partial charge in [0, 0.05) is 51.2 Å². The van der Waals surface area contributed by atoms with Crippen molar-refractivity contribution in [1.29, 1.82) is 5.26 Å². The molecule has 0 N–H and O–H groups in total. The molecule has 2 saturated heterocycles. The quantitative estimate of drug-likeness (QED) is 0.669. The molecule has 2 bridgehead atoms. The number of hydrogen-bond donors (Lipinski definition) is 0.